The Morgan fingerprint density at radius 2 is 1.56 bits per heavy atom. The molecule has 0 saturated carbocycles. The molecule has 9 heteroatoms. The van der Waals surface area contributed by atoms with Crippen LogP contribution in [0.3, 0.4) is 0 Å². The van der Waals surface area contributed by atoms with Gasteiger partial charge in [0.2, 0.25) is 20.0 Å². The molecule has 1 aliphatic heterocycles. The molecule has 0 radical (unpaired) electrons. The summed E-state index contributed by atoms with van der Waals surface area (Å²) in [5.74, 6) is 0.357. The number of piperazine rings is 1. The number of hydrogen-bond acceptors (Lipinski definition) is 5. The van der Waals surface area contributed by atoms with E-state index in [0.717, 1.165) is 5.56 Å². The van der Waals surface area contributed by atoms with Gasteiger partial charge in [-0.2, -0.15) is 4.31 Å². The molecule has 0 spiro atoms. The molecule has 1 heterocycles. The maximum absolute atomic E-state index is 12.3. The van der Waals surface area contributed by atoms with E-state index in [4.69, 9.17) is 0 Å². The number of nitrogens with one attached hydrogen (secondary N) is 1. The fraction of sp³-hybridized carbons (Fsp3) is 0.625. The molecule has 25 heavy (non-hydrogen) atoms. The van der Waals surface area contributed by atoms with Gasteiger partial charge in [0.15, 0.2) is 0 Å². The van der Waals surface area contributed by atoms with Crippen molar-refractivity contribution in [1.82, 2.24) is 13.9 Å². The fourth-order valence-electron chi connectivity index (χ4n) is 2.74. The number of nitrogens with zero attached hydrogens (tertiary/aromatic N) is 2. The molecule has 1 aromatic rings. The molecule has 1 aromatic carbocycles. The Balaban J connectivity index is 1.83. The van der Waals surface area contributed by atoms with E-state index in [-0.39, 0.29) is 4.90 Å². The molecule has 142 valence electrons. The van der Waals surface area contributed by atoms with Crippen molar-refractivity contribution in [3.63, 3.8) is 0 Å². The van der Waals surface area contributed by atoms with Gasteiger partial charge in [0.05, 0.1) is 11.2 Å². The average molecular weight is 390 g/mol. The molecular formula is C16H27N3O4S2. The molecule has 1 N–H and O–H groups in total. The van der Waals surface area contributed by atoms with Crippen LogP contribution in [0.2, 0.25) is 0 Å². The van der Waals surface area contributed by atoms with Crippen molar-refractivity contribution < 1.29 is 16.8 Å². The second-order valence-electron chi connectivity index (χ2n) is 6.63. The zero-order chi connectivity index (χ0) is 18.7. The van der Waals surface area contributed by atoms with E-state index in [1.54, 1.807) is 12.1 Å². The predicted octanol–water partition coefficient (Wildman–Crippen LogP) is 0.666. The van der Waals surface area contributed by atoms with Gasteiger partial charge in [-0.3, -0.25) is 4.90 Å². The molecule has 1 aliphatic rings. The van der Waals surface area contributed by atoms with E-state index in [1.807, 2.05) is 12.1 Å². The normalized spacial score (nSPS) is 17.9. The van der Waals surface area contributed by atoms with E-state index in [1.165, 1.54) is 10.6 Å². The first-order valence-electron chi connectivity index (χ1n) is 8.37. The van der Waals surface area contributed by atoms with Gasteiger partial charge in [0.1, 0.15) is 0 Å². The molecule has 1 saturated heterocycles. The largest absolute Gasteiger partial charge is 0.299 e. The minimum Gasteiger partial charge on any atom is -0.299 e. The van der Waals surface area contributed by atoms with Crippen molar-refractivity contribution in [2.24, 2.45) is 0 Å². The zero-order valence-corrected chi connectivity index (χ0v) is 16.6. The predicted molar refractivity (Wildman–Crippen MR) is 98.6 cm³/mol. The Morgan fingerprint density at radius 3 is 2.04 bits per heavy atom. The summed E-state index contributed by atoms with van der Waals surface area (Å²) in [6.07, 6.45) is 1.21. The third kappa shape index (κ3) is 5.75. The summed E-state index contributed by atoms with van der Waals surface area (Å²) in [5, 5.41) is 0. The van der Waals surface area contributed by atoms with Crippen LogP contribution >= 0.6 is 0 Å². The SMILES string of the molecule is CC(C)c1ccc(S(=O)(=O)NCCN2CCN(S(C)(=O)=O)CC2)cc1. The Labute approximate surface area is 151 Å². The lowest BCUT2D eigenvalue weighted by Gasteiger charge is -2.33. The minimum absolute atomic E-state index is 0.263. The maximum atomic E-state index is 12.3. The first-order valence-corrected chi connectivity index (χ1v) is 11.7. The van der Waals surface area contributed by atoms with Crippen molar-refractivity contribution in [2.75, 3.05) is 45.5 Å². The van der Waals surface area contributed by atoms with Gasteiger partial charge in [0.25, 0.3) is 0 Å². The highest BCUT2D eigenvalue weighted by atomic mass is 32.2. The highest BCUT2D eigenvalue weighted by molar-refractivity contribution is 7.89. The van der Waals surface area contributed by atoms with Gasteiger partial charge in [-0.15, -0.1) is 0 Å². The van der Waals surface area contributed by atoms with Gasteiger partial charge in [0, 0.05) is 39.3 Å². The first-order chi connectivity index (χ1) is 11.6. The summed E-state index contributed by atoms with van der Waals surface area (Å²) in [4.78, 5) is 2.32. The molecule has 0 bridgehead atoms. The summed E-state index contributed by atoms with van der Waals surface area (Å²) in [7, 11) is -6.66. The van der Waals surface area contributed by atoms with Crippen LogP contribution in [0.5, 0.6) is 0 Å². The van der Waals surface area contributed by atoms with Crippen LogP contribution in [0.25, 0.3) is 0 Å². The monoisotopic (exact) mass is 389 g/mol. The third-order valence-corrected chi connectivity index (χ3v) is 7.16. The Bertz CT molecular complexity index is 766. The molecule has 0 atom stereocenters. The lowest BCUT2D eigenvalue weighted by Crippen LogP contribution is -2.49. The van der Waals surface area contributed by atoms with Crippen LogP contribution in [0, 0.1) is 0 Å². The van der Waals surface area contributed by atoms with Crippen LogP contribution in [0.15, 0.2) is 29.2 Å². The molecule has 7 nitrogen and oxygen atoms in total. The number of benzene rings is 1. The minimum atomic E-state index is -3.52. The average Bonchev–Trinajstić information content (AvgIpc) is 2.54. The zero-order valence-electron chi connectivity index (χ0n) is 15.0. The topological polar surface area (TPSA) is 86.8 Å². The highest BCUT2D eigenvalue weighted by Crippen LogP contribution is 2.17. The van der Waals surface area contributed by atoms with Gasteiger partial charge >= 0.3 is 0 Å². The Kier molecular flexibility index (Phi) is 6.61. The molecule has 2 rings (SSSR count). The quantitative estimate of drug-likeness (QED) is 0.741. The van der Waals surface area contributed by atoms with E-state index in [9.17, 15) is 16.8 Å². The molecule has 0 unspecified atom stereocenters. The lowest BCUT2D eigenvalue weighted by atomic mass is 10.0. The van der Waals surface area contributed by atoms with Crippen molar-refractivity contribution in [3.05, 3.63) is 29.8 Å². The molecule has 0 aliphatic carbocycles. The summed E-state index contributed by atoms with van der Waals surface area (Å²) >= 11 is 0. The first kappa shape index (κ1) is 20.3. The van der Waals surface area contributed by atoms with Crippen molar-refractivity contribution in [3.8, 4) is 0 Å². The van der Waals surface area contributed by atoms with Crippen LogP contribution in [0.4, 0.5) is 0 Å². The number of rotatable bonds is 7. The smallest absolute Gasteiger partial charge is 0.240 e. The lowest BCUT2D eigenvalue weighted by molar-refractivity contribution is 0.192. The van der Waals surface area contributed by atoms with Gasteiger partial charge in [-0.1, -0.05) is 26.0 Å². The van der Waals surface area contributed by atoms with E-state index < -0.39 is 20.0 Å². The van der Waals surface area contributed by atoms with Gasteiger partial charge in [-0.25, -0.2) is 21.6 Å². The molecule has 0 aromatic heterocycles. The third-order valence-electron chi connectivity index (χ3n) is 4.38. The van der Waals surface area contributed by atoms with Gasteiger partial charge < -0.3 is 0 Å². The van der Waals surface area contributed by atoms with Crippen LogP contribution in [0.1, 0.15) is 25.3 Å². The van der Waals surface area contributed by atoms with E-state index in [0.29, 0.717) is 45.2 Å². The summed E-state index contributed by atoms with van der Waals surface area (Å²) < 4.78 is 51.7. The van der Waals surface area contributed by atoms with Crippen molar-refractivity contribution >= 4 is 20.0 Å². The Morgan fingerprint density at radius 1 is 1.00 bits per heavy atom. The highest BCUT2D eigenvalue weighted by Gasteiger charge is 2.23. The van der Waals surface area contributed by atoms with Crippen LogP contribution in [-0.4, -0.2) is 71.6 Å². The molecular weight excluding hydrogens is 362 g/mol. The van der Waals surface area contributed by atoms with Crippen LogP contribution in [-0.2, 0) is 20.0 Å². The molecule has 1 fully saturated rings. The standard InChI is InChI=1S/C16H27N3O4S2/c1-14(2)15-4-6-16(7-5-15)25(22,23)17-8-9-18-10-12-19(13-11-18)24(3,20)21/h4-7,14,17H,8-13H2,1-3H3. The second kappa shape index (κ2) is 8.13. The number of hydrogen-bond donors (Lipinski definition) is 1. The van der Waals surface area contributed by atoms with Gasteiger partial charge in [-0.05, 0) is 23.6 Å². The summed E-state index contributed by atoms with van der Waals surface area (Å²) in [6, 6.07) is 6.93. The van der Waals surface area contributed by atoms with Crippen molar-refractivity contribution in [1.29, 1.82) is 0 Å². The Hall–Kier alpha value is -1.00. The van der Waals surface area contributed by atoms with E-state index >= 15 is 0 Å². The van der Waals surface area contributed by atoms with Crippen molar-refractivity contribution in [2.45, 2.75) is 24.7 Å². The summed E-state index contributed by atoms with van der Waals surface area (Å²) in [6.45, 7) is 7.09. The maximum Gasteiger partial charge on any atom is 0.240 e. The second-order valence-corrected chi connectivity index (χ2v) is 10.4. The fourth-order valence-corrected chi connectivity index (χ4v) is 4.59. The summed E-state index contributed by atoms with van der Waals surface area (Å²) in [5.41, 5.74) is 1.10. The van der Waals surface area contributed by atoms with Crippen LogP contribution < -0.4 is 4.72 Å². The number of sulfonamides is 2. The van der Waals surface area contributed by atoms with E-state index in [2.05, 4.69) is 23.5 Å². The molecule has 0 amide bonds.